The third-order valence-electron chi connectivity index (χ3n) is 4.76. The number of aryl methyl sites for hydroxylation is 1. The van der Waals surface area contributed by atoms with Crippen molar-refractivity contribution in [1.82, 2.24) is 4.57 Å². The fourth-order valence-electron chi connectivity index (χ4n) is 3.17. The Balaban J connectivity index is 1.88. The van der Waals surface area contributed by atoms with Gasteiger partial charge in [-0.15, -0.1) is 11.3 Å². The highest BCUT2D eigenvalue weighted by molar-refractivity contribution is 8.08. The molecule has 0 amide bonds. The Morgan fingerprint density at radius 3 is 2.64 bits per heavy atom. The van der Waals surface area contributed by atoms with Crippen LogP contribution in [0.1, 0.15) is 12.5 Å². The Kier molecular flexibility index (Phi) is 5.03. The van der Waals surface area contributed by atoms with Crippen LogP contribution in [0.4, 0.5) is 5.69 Å². The molecule has 4 rings (SSSR count). The highest BCUT2D eigenvalue weighted by Crippen LogP contribution is 2.46. The molecule has 0 bridgehead atoms. The average molecular weight is 413 g/mol. The molecule has 3 heterocycles. The number of ether oxygens (including phenoxy) is 1. The van der Waals surface area contributed by atoms with Crippen molar-refractivity contribution in [3.63, 3.8) is 0 Å². The number of pyridine rings is 1. The van der Waals surface area contributed by atoms with Crippen molar-refractivity contribution < 1.29 is 9.30 Å². The number of anilines is 1. The predicted octanol–water partition coefficient (Wildman–Crippen LogP) is 1.90. The SMILES string of the molecule is CCn1c(=Cc2cc[n+](C)cc2)sc(=C2Sc3ccc(OC)cc3N2C)c1=O. The van der Waals surface area contributed by atoms with Gasteiger partial charge in [0.25, 0.3) is 5.56 Å². The lowest BCUT2D eigenvalue weighted by atomic mass is 10.3. The zero-order valence-electron chi connectivity index (χ0n) is 16.3. The van der Waals surface area contributed by atoms with E-state index in [1.807, 2.05) is 60.7 Å². The Bertz CT molecular complexity index is 1210. The molecule has 1 aliphatic heterocycles. The van der Waals surface area contributed by atoms with E-state index in [4.69, 9.17) is 4.74 Å². The number of thiazole rings is 1. The third kappa shape index (κ3) is 3.25. The lowest BCUT2D eigenvalue weighted by Gasteiger charge is -2.13. The van der Waals surface area contributed by atoms with Gasteiger partial charge in [0.1, 0.15) is 22.4 Å². The molecule has 0 radical (unpaired) electrons. The summed E-state index contributed by atoms with van der Waals surface area (Å²) in [5.41, 5.74) is 2.21. The maximum Gasteiger partial charge on any atom is 0.271 e. The average Bonchev–Trinajstić information content (AvgIpc) is 3.19. The maximum atomic E-state index is 13.1. The van der Waals surface area contributed by atoms with Crippen LogP contribution in [0.2, 0.25) is 0 Å². The van der Waals surface area contributed by atoms with E-state index in [1.54, 1.807) is 30.2 Å². The van der Waals surface area contributed by atoms with Gasteiger partial charge in [0.05, 0.1) is 17.5 Å². The predicted molar refractivity (Wildman–Crippen MR) is 115 cm³/mol. The van der Waals surface area contributed by atoms with Crippen LogP contribution in [0.15, 0.2) is 52.4 Å². The standard InChI is InChI=1S/C21H22N3O2S2/c1-5-24-18(12-14-8-10-22(2)11-9-14)28-19(20(24)25)21-23(3)16-13-15(26-4)6-7-17(16)27-21/h6-13H,5H2,1-4H3/q+1. The van der Waals surface area contributed by atoms with Gasteiger partial charge in [-0.25, -0.2) is 4.57 Å². The minimum absolute atomic E-state index is 0.0642. The number of nitrogens with zero attached hydrogens (tertiary/aromatic N) is 3. The van der Waals surface area contributed by atoms with Crippen molar-refractivity contribution in [3.8, 4) is 5.75 Å². The zero-order chi connectivity index (χ0) is 19.8. The van der Waals surface area contributed by atoms with Crippen molar-refractivity contribution in [1.29, 1.82) is 0 Å². The van der Waals surface area contributed by atoms with Gasteiger partial charge in [-0.3, -0.25) is 9.36 Å². The lowest BCUT2D eigenvalue weighted by molar-refractivity contribution is -0.671. The minimum Gasteiger partial charge on any atom is -0.497 e. The van der Waals surface area contributed by atoms with Gasteiger partial charge < -0.3 is 9.64 Å². The van der Waals surface area contributed by atoms with E-state index < -0.39 is 0 Å². The topological polar surface area (TPSA) is 38.4 Å². The molecule has 144 valence electrons. The molecule has 0 fully saturated rings. The first-order valence-electron chi connectivity index (χ1n) is 9.02. The molecule has 7 heteroatoms. The fraction of sp³-hybridized carbons (Fsp3) is 0.238. The van der Waals surface area contributed by atoms with Crippen molar-refractivity contribution in [2.24, 2.45) is 7.05 Å². The molecule has 28 heavy (non-hydrogen) atoms. The van der Waals surface area contributed by atoms with Crippen LogP contribution in [0.5, 0.6) is 5.75 Å². The van der Waals surface area contributed by atoms with Crippen molar-refractivity contribution in [2.75, 3.05) is 19.1 Å². The van der Waals surface area contributed by atoms with Gasteiger partial charge in [-0.2, -0.15) is 0 Å². The monoisotopic (exact) mass is 412 g/mol. The molecule has 3 aromatic rings. The van der Waals surface area contributed by atoms with E-state index in [0.717, 1.165) is 36.1 Å². The van der Waals surface area contributed by atoms with Crippen molar-refractivity contribution in [2.45, 2.75) is 18.4 Å². The molecule has 1 aromatic carbocycles. The Morgan fingerprint density at radius 1 is 1.21 bits per heavy atom. The molecule has 0 unspecified atom stereocenters. The van der Waals surface area contributed by atoms with Crippen LogP contribution in [0.25, 0.3) is 11.1 Å². The summed E-state index contributed by atoms with van der Waals surface area (Å²) in [4.78, 5) is 16.4. The van der Waals surface area contributed by atoms with E-state index in [2.05, 4.69) is 23.1 Å². The van der Waals surface area contributed by atoms with Crippen LogP contribution in [0.3, 0.4) is 0 Å². The number of thioether (sulfide) groups is 1. The van der Waals surface area contributed by atoms with Crippen LogP contribution in [0, 0.1) is 0 Å². The summed E-state index contributed by atoms with van der Waals surface area (Å²) in [6.45, 7) is 2.65. The molecular weight excluding hydrogens is 390 g/mol. The van der Waals surface area contributed by atoms with Gasteiger partial charge >= 0.3 is 0 Å². The second-order valence-corrected chi connectivity index (χ2v) is 8.62. The first-order valence-corrected chi connectivity index (χ1v) is 10.7. The lowest BCUT2D eigenvalue weighted by Crippen LogP contribution is -2.33. The number of hydrogen-bond donors (Lipinski definition) is 0. The molecule has 1 aliphatic rings. The van der Waals surface area contributed by atoms with E-state index in [0.29, 0.717) is 6.54 Å². The molecule has 0 atom stereocenters. The number of hydrogen-bond acceptors (Lipinski definition) is 5. The normalized spacial score (nSPS) is 15.9. The summed E-state index contributed by atoms with van der Waals surface area (Å²) in [6.07, 6.45) is 6.09. The van der Waals surface area contributed by atoms with E-state index in [9.17, 15) is 4.79 Å². The number of aromatic nitrogens is 2. The highest BCUT2D eigenvalue weighted by Gasteiger charge is 2.25. The van der Waals surface area contributed by atoms with Crippen LogP contribution in [-0.4, -0.2) is 18.7 Å². The first kappa shape index (κ1) is 18.8. The summed E-state index contributed by atoms with van der Waals surface area (Å²) in [6, 6.07) is 10.1. The Labute approximate surface area is 171 Å². The highest BCUT2D eigenvalue weighted by atomic mass is 32.2. The van der Waals surface area contributed by atoms with Gasteiger partial charge in [-0.1, -0.05) is 11.8 Å². The molecular formula is C21H22N3O2S2+. The molecule has 0 aliphatic carbocycles. The zero-order valence-corrected chi connectivity index (χ0v) is 17.9. The first-order chi connectivity index (χ1) is 13.5. The smallest absolute Gasteiger partial charge is 0.271 e. The molecule has 0 saturated carbocycles. The number of rotatable bonds is 3. The van der Waals surface area contributed by atoms with E-state index in [-0.39, 0.29) is 5.56 Å². The minimum atomic E-state index is 0.0642. The quantitative estimate of drug-likeness (QED) is 0.616. The van der Waals surface area contributed by atoms with Gasteiger partial charge in [0.15, 0.2) is 12.4 Å². The molecule has 2 aromatic heterocycles. The van der Waals surface area contributed by atoms with Gasteiger partial charge in [-0.05, 0) is 30.7 Å². The second-order valence-electron chi connectivity index (χ2n) is 6.56. The third-order valence-corrected chi connectivity index (χ3v) is 7.24. The fourth-order valence-corrected chi connectivity index (χ4v) is 5.63. The van der Waals surface area contributed by atoms with Crippen LogP contribution < -0.4 is 29.0 Å². The molecule has 0 N–H and O–H groups in total. The van der Waals surface area contributed by atoms with Crippen molar-refractivity contribution >= 4 is 39.9 Å². The van der Waals surface area contributed by atoms with Crippen molar-refractivity contribution in [3.05, 3.63) is 67.8 Å². The Morgan fingerprint density at radius 2 is 1.96 bits per heavy atom. The molecule has 0 saturated heterocycles. The Hall–Kier alpha value is -2.51. The summed E-state index contributed by atoms with van der Waals surface area (Å²) >= 11 is 3.19. The molecule has 0 spiro atoms. The maximum absolute atomic E-state index is 13.1. The van der Waals surface area contributed by atoms with Gasteiger partial charge in [0.2, 0.25) is 0 Å². The second kappa shape index (κ2) is 7.48. The summed E-state index contributed by atoms with van der Waals surface area (Å²) < 4.78 is 10.9. The van der Waals surface area contributed by atoms with E-state index in [1.165, 1.54) is 0 Å². The summed E-state index contributed by atoms with van der Waals surface area (Å²) in [5.74, 6) is 0.816. The van der Waals surface area contributed by atoms with Gasteiger partial charge in [0, 0.05) is 36.7 Å². The molecule has 5 nitrogen and oxygen atoms in total. The summed E-state index contributed by atoms with van der Waals surface area (Å²) in [7, 11) is 5.66. The number of methoxy groups -OCH3 is 1. The van der Waals surface area contributed by atoms with E-state index >= 15 is 0 Å². The van der Waals surface area contributed by atoms with Crippen LogP contribution in [-0.2, 0) is 13.6 Å². The summed E-state index contributed by atoms with van der Waals surface area (Å²) in [5, 5.41) is 0.972. The number of fused-ring (bicyclic) bond motifs is 1. The number of benzene rings is 1. The van der Waals surface area contributed by atoms with Crippen LogP contribution >= 0.6 is 23.1 Å². The largest absolute Gasteiger partial charge is 0.497 e.